The highest BCUT2D eigenvalue weighted by molar-refractivity contribution is 5.87. The predicted octanol–water partition coefficient (Wildman–Crippen LogP) is 2.76. The summed E-state index contributed by atoms with van der Waals surface area (Å²) in [6.45, 7) is 2.80. The van der Waals surface area contributed by atoms with Crippen LogP contribution in [0.15, 0.2) is 18.2 Å². The zero-order valence-electron chi connectivity index (χ0n) is 10.8. The molecule has 1 aromatic rings. The smallest absolute Gasteiger partial charge is 0.335 e. The van der Waals surface area contributed by atoms with E-state index in [0.29, 0.717) is 6.54 Å². The number of hydrogen-bond donors (Lipinski definition) is 1. The lowest BCUT2D eigenvalue weighted by Crippen LogP contribution is -2.21. The Morgan fingerprint density at radius 1 is 1.26 bits per heavy atom. The number of rotatable bonds is 3. The van der Waals surface area contributed by atoms with Crippen molar-refractivity contribution in [2.75, 3.05) is 13.1 Å². The molecule has 1 saturated carbocycles. The minimum atomic E-state index is -1.07. The third-order valence-electron chi connectivity index (χ3n) is 4.41. The molecule has 19 heavy (non-hydrogen) atoms. The summed E-state index contributed by atoms with van der Waals surface area (Å²) in [5, 5.41) is 8.95. The van der Waals surface area contributed by atoms with Gasteiger partial charge in [0, 0.05) is 19.6 Å². The molecule has 0 aromatic heterocycles. The Labute approximate surface area is 112 Å². The molecule has 1 aliphatic heterocycles. The van der Waals surface area contributed by atoms with Crippen molar-refractivity contribution in [1.29, 1.82) is 0 Å². The van der Waals surface area contributed by atoms with Gasteiger partial charge in [-0.15, -0.1) is 0 Å². The topological polar surface area (TPSA) is 40.5 Å². The summed E-state index contributed by atoms with van der Waals surface area (Å²) in [7, 11) is 0. The molecule has 4 heteroatoms. The van der Waals surface area contributed by atoms with Gasteiger partial charge in [-0.25, -0.2) is 9.18 Å². The first-order chi connectivity index (χ1) is 9.11. The zero-order chi connectivity index (χ0) is 13.4. The number of carboxylic acids is 1. The first-order valence-corrected chi connectivity index (χ1v) is 6.87. The molecule has 2 aliphatic rings. The lowest BCUT2D eigenvalue weighted by Gasteiger charge is -2.17. The van der Waals surface area contributed by atoms with Crippen molar-refractivity contribution in [2.24, 2.45) is 11.8 Å². The van der Waals surface area contributed by atoms with E-state index in [2.05, 4.69) is 4.90 Å². The number of carbonyl (C=O) groups is 1. The second-order valence-electron chi connectivity index (χ2n) is 5.80. The first kappa shape index (κ1) is 12.6. The molecule has 1 aliphatic carbocycles. The van der Waals surface area contributed by atoms with Crippen molar-refractivity contribution in [1.82, 2.24) is 4.90 Å². The van der Waals surface area contributed by atoms with Gasteiger partial charge >= 0.3 is 5.97 Å². The Bertz CT molecular complexity index is 491. The van der Waals surface area contributed by atoms with Gasteiger partial charge in [0.25, 0.3) is 0 Å². The van der Waals surface area contributed by atoms with Crippen LogP contribution in [0.1, 0.15) is 35.2 Å². The van der Waals surface area contributed by atoms with Crippen LogP contribution in [0.25, 0.3) is 0 Å². The van der Waals surface area contributed by atoms with E-state index in [-0.39, 0.29) is 5.56 Å². The van der Waals surface area contributed by atoms with Crippen LogP contribution in [0.4, 0.5) is 4.39 Å². The van der Waals surface area contributed by atoms with Crippen LogP contribution in [-0.4, -0.2) is 29.1 Å². The summed E-state index contributed by atoms with van der Waals surface area (Å²) in [5.41, 5.74) is 0.798. The zero-order valence-corrected chi connectivity index (χ0v) is 10.8. The van der Waals surface area contributed by atoms with Crippen LogP contribution in [0.5, 0.6) is 0 Å². The van der Waals surface area contributed by atoms with Gasteiger partial charge in [-0.2, -0.15) is 0 Å². The first-order valence-electron chi connectivity index (χ1n) is 6.87. The molecule has 2 atom stereocenters. The standard InChI is InChI=1S/C15H18FNO2/c16-14-5-10(4-13(6-14)15(18)19)7-17-8-11-2-1-3-12(11)9-17/h4-6,11-12H,1-3,7-9H2,(H,18,19). The highest BCUT2D eigenvalue weighted by Gasteiger charge is 2.35. The number of nitrogens with zero attached hydrogens (tertiary/aromatic N) is 1. The van der Waals surface area contributed by atoms with E-state index in [1.807, 2.05) is 0 Å². The highest BCUT2D eigenvalue weighted by atomic mass is 19.1. The summed E-state index contributed by atoms with van der Waals surface area (Å²) in [4.78, 5) is 13.3. The van der Waals surface area contributed by atoms with Crippen molar-refractivity contribution < 1.29 is 14.3 Å². The molecular formula is C15H18FNO2. The van der Waals surface area contributed by atoms with Gasteiger partial charge in [0.1, 0.15) is 5.82 Å². The van der Waals surface area contributed by atoms with Crippen LogP contribution >= 0.6 is 0 Å². The quantitative estimate of drug-likeness (QED) is 0.911. The van der Waals surface area contributed by atoms with Crippen molar-refractivity contribution >= 4 is 5.97 Å². The third kappa shape index (κ3) is 2.63. The van der Waals surface area contributed by atoms with Gasteiger partial charge in [0.05, 0.1) is 5.56 Å². The average Bonchev–Trinajstić information content (AvgIpc) is 2.88. The monoisotopic (exact) mass is 263 g/mol. The Balaban J connectivity index is 1.71. The van der Waals surface area contributed by atoms with E-state index in [1.54, 1.807) is 6.07 Å². The Morgan fingerprint density at radius 3 is 2.58 bits per heavy atom. The fraction of sp³-hybridized carbons (Fsp3) is 0.533. The molecule has 0 radical (unpaired) electrons. The number of likely N-dealkylation sites (tertiary alicyclic amines) is 1. The van der Waals surface area contributed by atoms with E-state index in [4.69, 9.17) is 5.11 Å². The van der Waals surface area contributed by atoms with E-state index >= 15 is 0 Å². The van der Waals surface area contributed by atoms with Crippen molar-refractivity contribution in [2.45, 2.75) is 25.8 Å². The molecule has 1 heterocycles. The van der Waals surface area contributed by atoms with Crippen LogP contribution in [0.3, 0.4) is 0 Å². The molecule has 3 nitrogen and oxygen atoms in total. The average molecular weight is 263 g/mol. The molecule has 2 unspecified atom stereocenters. The summed E-state index contributed by atoms with van der Waals surface area (Å²) in [6, 6.07) is 4.10. The van der Waals surface area contributed by atoms with Crippen LogP contribution < -0.4 is 0 Å². The van der Waals surface area contributed by atoms with Crippen molar-refractivity contribution in [3.8, 4) is 0 Å². The summed E-state index contributed by atoms with van der Waals surface area (Å²) in [5.74, 6) is 0.0633. The molecule has 0 amide bonds. The number of aromatic carboxylic acids is 1. The molecule has 0 spiro atoms. The fourth-order valence-corrected chi connectivity index (χ4v) is 3.58. The summed E-state index contributed by atoms with van der Waals surface area (Å²) >= 11 is 0. The number of hydrogen-bond acceptors (Lipinski definition) is 2. The summed E-state index contributed by atoms with van der Waals surface area (Å²) < 4.78 is 13.4. The van der Waals surface area contributed by atoms with E-state index in [9.17, 15) is 9.18 Å². The van der Waals surface area contributed by atoms with Crippen LogP contribution in [0.2, 0.25) is 0 Å². The molecule has 1 aromatic carbocycles. The van der Waals surface area contributed by atoms with Gasteiger partial charge in [-0.1, -0.05) is 6.42 Å². The molecule has 3 rings (SSSR count). The van der Waals surface area contributed by atoms with E-state index < -0.39 is 11.8 Å². The Kier molecular flexibility index (Phi) is 3.27. The fourth-order valence-electron chi connectivity index (χ4n) is 3.58. The molecule has 2 fully saturated rings. The van der Waals surface area contributed by atoms with Crippen molar-refractivity contribution in [3.05, 3.63) is 35.1 Å². The molecule has 1 saturated heterocycles. The SMILES string of the molecule is O=C(O)c1cc(F)cc(CN2CC3CCCC3C2)c1. The van der Waals surface area contributed by atoms with Gasteiger partial charge in [0.2, 0.25) is 0 Å². The number of fused-ring (bicyclic) bond motifs is 1. The van der Waals surface area contributed by atoms with Gasteiger partial charge in [-0.05, 0) is 48.4 Å². The maximum Gasteiger partial charge on any atom is 0.335 e. The lowest BCUT2D eigenvalue weighted by atomic mass is 10.0. The second-order valence-corrected chi connectivity index (χ2v) is 5.80. The highest BCUT2D eigenvalue weighted by Crippen LogP contribution is 2.38. The normalized spacial score (nSPS) is 26.6. The van der Waals surface area contributed by atoms with E-state index in [0.717, 1.165) is 36.6 Å². The number of halogens is 1. The van der Waals surface area contributed by atoms with Crippen LogP contribution in [0, 0.1) is 17.7 Å². The minimum absolute atomic E-state index is 0.0365. The largest absolute Gasteiger partial charge is 0.478 e. The van der Waals surface area contributed by atoms with Gasteiger partial charge in [-0.3, -0.25) is 4.90 Å². The Hall–Kier alpha value is -1.42. The third-order valence-corrected chi connectivity index (χ3v) is 4.41. The maximum absolute atomic E-state index is 13.4. The lowest BCUT2D eigenvalue weighted by molar-refractivity contribution is 0.0696. The van der Waals surface area contributed by atoms with Crippen LogP contribution in [-0.2, 0) is 6.54 Å². The van der Waals surface area contributed by atoms with Gasteiger partial charge < -0.3 is 5.11 Å². The van der Waals surface area contributed by atoms with Crippen molar-refractivity contribution in [3.63, 3.8) is 0 Å². The molecule has 0 bridgehead atoms. The molecule has 1 N–H and O–H groups in total. The minimum Gasteiger partial charge on any atom is -0.478 e. The Morgan fingerprint density at radius 2 is 1.95 bits per heavy atom. The molecule has 102 valence electrons. The second kappa shape index (κ2) is 4.93. The predicted molar refractivity (Wildman–Crippen MR) is 69.5 cm³/mol. The number of benzene rings is 1. The molecular weight excluding hydrogens is 245 g/mol. The summed E-state index contributed by atoms with van der Waals surface area (Å²) in [6.07, 6.45) is 3.96. The van der Waals surface area contributed by atoms with Gasteiger partial charge in [0.15, 0.2) is 0 Å². The maximum atomic E-state index is 13.4. The van der Waals surface area contributed by atoms with E-state index in [1.165, 1.54) is 25.3 Å². The number of carboxylic acid groups (broad SMARTS) is 1.